The van der Waals surface area contributed by atoms with Crippen molar-refractivity contribution >= 4 is 17.4 Å². The number of likely N-dealkylation sites (tertiary alicyclic amines) is 1. The summed E-state index contributed by atoms with van der Waals surface area (Å²) in [4.78, 5) is 21.4. The highest BCUT2D eigenvalue weighted by Crippen LogP contribution is 2.33. The zero-order valence-electron chi connectivity index (χ0n) is 15.4. The molecule has 3 rings (SSSR count). The van der Waals surface area contributed by atoms with Gasteiger partial charge in [0.25, 0.3) is 0 Å². The molecule has 132 valence electrons. The van der Waals surface area contributed by atoms with E-state index in [1.165, 1.54) is 11.3 Å². The van der Waals surface area contributed by atoms with Crippen molar-refractivity contribution in [2.45, 2.75) is 46.1 Å². The van der Waals surface area contributed by atoms with Crippen molar-refractivity contribution in [3.05, 3.63) is 17.8 Å². The van der Waals surface area contributed by atoms with E-state index in [4.69, 9.17) is 0 Å². The van der Waals surface area contributed by atoms with Crippen molar-refractivity contribution in [1.29, 1.82) is 0 Å². The summed E-state index contributed by atoms with van der Waals surface area (Å²) in [5.41, 5.74) is 2.58. The molecule has 0 saturated carbocycles. The molecule has 1 saturated heterocycles. The van der Waals surface area contributed by atoms with Gasteiger partial charge in [-0.1, -0.05) is 20.8 Å². The average Bonchev–Trinajstić information content (AvgIpc) is 3.02. The normalized spacial score (nSPS) is 23.1. The third-order valence-electron chi connectivity index (χ3n) is 5.43. The molecule has 1 amide bonds. The monoisotopic (exact) mass is 330 g/mol. The molecule has 0 radical (unpaired) electrons. The van der Waals surface area contributed by atoms with E-state index in [0.717, 1.165) is 38.3 Å². The molecular weight excluding hydrogens is 300 g/mol. The van der Waals surface area contributed by atoms with Crippen molar-refractivity contribution in [1.82, 2.24) is 9.88 Å². The maximum absolute atomic E-state index is 12.5. The van der Waals surface area contributed by atoms with Gasteiger partial charge >= 0.3 is 0 Å². The molecule has 0 aromatic carbocycles. The number of anilines is 2. The van der Waals surface area contributed by atoms with Crippen LogP contribution < -0.4 is 10.2 Å². The molecule has 5 heteroatoms. The largest absolute Gasteiger partial charge is 0.369 e. The van der Waals surface area contributed by atoms with Crippen LogP contribution in [0, 0.1) is 11.8 Å². The third kappa shape index (κ3) is 3.35. The first-order valence-corrected chi connectivity index (χ1v) is 9.19. The highest BCUT2D eigenvalue weighted by atomic mass is 16.2. The molecular formula is C19H30N4O. The first kappa shape index (κ1) is 17.1. The topological polar surface area (TPSA) is 48.5 Å². The van der Waals surface area contributed by atoms with Gasteiger partial charge in [-0.2, -0.15) is 0 Å². The maximum Gasteiger partial charge on any atom is 0.222 e. The number of nitrogens with one attached hydrogen (secondary N) is 1. The second kappa shape index (κ2) is 6.99. The van der Waals surface area contributed by atoms with Crippen molar-refractivity contribution in [3.8, 4) is 0 Å². The SMILES string of the molecule is CC(C)CC(=O)N1CC[C@@H](C)C(N(C)c2ccnc3c2CCN3)C1. The minimum atomic E-state index is 0.303. The number of amides is 1. The Hall–Kier alpha value is -1.78. The minimum Gasteiger partial charge on any atom is -0.369 e. The molecule has 24 heavy (non-hydrogen) atoms. The number of carbonyl (C=O) groups is 1. The van der Waals surface area contributed by atoms with Crippen molar-refractivity contribution in [3.63, 3.8) is 0 Å². The predicted octanol–water partition coefficient (Wildman–Crippen LogP) is 2.77. The minimum absolute atomic E-state index is 0.303. The van der Waals surface area contributed by atoms with E-state index in [1.54, 1.807) is 0 Å². The van der Waals surface area contributed by atoms with E-state index < -0.39 is 0 Å². The lowest BCUT2D eigenvalue weighted by molar-refractivity contribution is -0.133. The molecule has 1 aromatic heterocycles. The maximum atomic E-state index is 12.5. The van der Waals surface area contributed by atoms with Gasteiger partial charge in [-0.25, -0.2) is 4.98 Å². The van der Waals surface area contributed by atoms with E-state index in [9.17, 15) is 4.79 Å². The van der Waals surface area contributed by atoms with Gasteiger partial charge in [-0.15, -0.1) is 0 Å². The number of fused-ring (bicyclic) bond motifs is 1. The number of aromatic nitrogens is 1. The van der Waals surface area contributed by atoms with E-state index in [1.807, 2.05) is 6.20 Å². The number of carbonyl (C=O) groups excluding carboxylic acids is 1. The smallest absolute Gasteiger partial charge is 0.222 e. The number of pyridine rings is 1. The molecule has 5 nitrogen and oxygen atoms in total. The summed E-state index contributed by atoms with van der Waals surface area (Å²) in [5.74, 6) is 2.33. The fourth-order valence-corrected chi connectivity index (χ4v) is 3.95. The van der Waals surface area contributed by atoms with Crippen LogP contribution in [-0.2, 0) is 11.2 Å². The molecule has 2 aliphatic heterocycles. The Kier molecular flexibility index (Phi) is 4.97. The van der Waals surface area contributed by atoms with Gasteiger partial charge in [0.2, 0.25) is 5.91 Å². The molecule has 0 bridgehead atoms. The van der Waals surface area contributed by atoms with Crippen LogP contribution in [-0.4, -0.2) is 48.5 Å². The Morgan fingerprint density at radius 2 is 2.29 bits per heavy atom. The molecule has 0 spiro atoms. The Balaban J connectivity index is 1.77. The zero-order chi connectivity index (χ0) is 17.3. The summed E-state index contributed by atoms with van der Waals surface area (Å²) >= 11 is 0. The van der Waals surface area contributed by atoms with Gasteiger partial charge < -0.3 is 15.1 Å². The van der Waals surface area contributed by atoms with Crippen LogP contribution in [0.5, 0.6) is 0 Å². The second-order valence-electron chi connectivity index (χ2n) is 7.72. The van der Waals surface area contributed by atoms with Crippen molar-refractivity contribution in [2.75, 3.05) is 36.9 Å². The number of rotatable bonds is 4. The van der Waals surface area contributed by atoms with Crippen LogP contribution in [0.1, 0.15) is 39.2 Å². The standard InChI is InChI=1S/C19H30N4O/c1-13(2)11-18(24)23-10-7-14(3)17(12-23)22(4)16-6-9-21-19-15(16)5-8-20-19/h6,9,13-14,17H,5,7-8,10-12H2,1-4H3,(H,20,21)/t14-,17?/m1/s1. The summed E-state index contributed by atoms with van der Waals surface area (Å²) in [5, 5.41) is 3.36. The Morgan fingerprint density at radius 1 is 1.50 bits per heavy atom. The van der Waals surface area contributed by atoms with Crippen LogP contribution in [0.25, 0.3) is 0 Å². The van der Waals surface area contributed by atoms with E-state index in [0.29, 0.717) is 30.2 Å². The van der Waals surface area contributed by atoms with Crippen LogP contribution >= 0.6 is 0 Å². The van der Waals surface area contributed by atoms with Gasteiger partial charge in [0.15, 0.2) is 0 Å². The number of likely N-dealkylation sites (N-methyl/N-ethyl adjacent to an activating group) is 1. The third-order valence-corrected chi connectivity index (χ3v) is 5.43. The highest BCUT2D eigenvalue weighted by Gasteiger charge is 2.33. The lowest BCUT2D eigenvalue weighted by Crippen LogP contribution is -2.53. The van der Waals surface area contributed by atoms with Crippen LogP contribution in [0.15, 0.2) is 12.3 Å². The zero-order valence-corrected chi connectivity index (χ0v) is 15.4. The number of piperidine rings is 1. The van der Waals surface area contributed by atoms with Crippen molar-refractivity contribution < 1.29 is 4.79 Å². The summed E-state index contributed by atoms with van der Waals surface area (Å²) in [6.07, 6.45) is 4.64. The van der Waals surface area contributed by atoms with Gasteiger partial charge in [-0.3, -0.25) is 4.79 Å². The molecule has 0 aliphatic carbocycles. The lowest BCUT2D eigenvalue weighted by Gasteiger charge is -2.43. The summed E-state index contributed by atoms with van der Waals surface area (Å²) in [6, 6.07) is 2.48. The fourth-order valence-electron chi connectivity index (χ4n) is 3.95. The van der Waals surface area contributed by atoms with Crippen molar-refractivity contribution in [2.24, 2.45) is 11.8 Å². The van der Waals surface area contributed by atoms with Gasteiger partial charge in [0.05, 0.1) is 0 Å². The summed E-state index contributed by atoms with van der Waals surface area (Å²) < 4.78 is 0. The Bertz CT molecular complexity index is 601. The van der Waals surface area contributed by atoms with Gasteiger partial charge in [0.1, 0.15) is 5.82 Å². The second-order valence-corrected chi connectivity index (χ2v) is 7.72. The summed E-state index contributed by atoms with van der Waals surface area (Å²) in [7, 11) is 2.17. The lowest BCUT2D eigenvalue weighted by atomic mass is 9.91. The number of nitrogens with zero attached hydrogens (tertiary/aromatic N) is 3. The molecule has 2 aliphatic rings. The van der Waals surface area contributed by atoms with Crippen LogP contribution in [0.2, 0.25) is 0 Å². The number of hydrogen-bond donors (Lipinski definition) is 1. The first-order chi connectivity index (χ1) is 11.5. The van der Waals surface area contributed by atoms with Gasteiger partial charge in [-0.05, 0) is 30.7 Å². The van der Waals surface area contributed by atoms with Crippen LogP contribution in [0.3, 0.4) is 0 Å². The van der Waals surface area contributed by atoms with Crippen LogP contribution in [0.4, 0.5) is 11.5 Å². The summed E-state index contributed by atoms with van der Waals surface area (Å²) in [6.45, 7) is 9.22. The Morgan fingerprint density at radius 3 is 3.04 bits per heavy atom. The highest BCUT2D eigenvalue weighted by molar-refractivity contribution is 5.76. The van der Waals surface area contributed by atoms with Gasteiger partial charge in [0, 0.05) is 56.6 Å². The first-order valence-electron chi connectivity index (χ1n) is 9.19. The molecule has 1 fully saturated rings. The quantitative estimate of drug-likeness (QED) is 0.922. The molecule has 2 atom stereocenters. The van der Waals surface area contributed by atoms with E-state index in [-0.39, 0.29) is 0 Å². The molecule has 1 unspecified atom stereocenters. The fraction of sp³-hybridized carbons (Fsp3) is 0.684. The molecule has 1 aromatic rings. The van der Waals surface area contributed by atoms with E-state index >= 15 is 0 Å². The number of hydrogen-bond acceptors (Lipinski definition) is 4. The molecule has 3 heterocycles. The predicted molar refractivity (Wildman–Crippen MR) is 98.4 cm³/mol. The Labute approximate surface area is 145 Å². The van der Waals surface area contributed by atoms with E-state index in [2.05, 4.69) is 54.0 Å². The average molecular weight is 330 g/mol. The molecule has 1 N–H and O–H groups in total.